The minimum absolute atomic E-state index is 0.0877. The zero-order chi connectivity index (χ0) is 29.1. The van der Waals surface area contributed by atoms with E-state index in [1.807, 2.05) is 0 Å². The number of amides is 3. The zero-order valence-corrected chi connectivity index (χ0v) is 20.9. The Labute approximate surface area is 225 Å². The fourth-order valence-electron chi connectivity index (χ4n) is 4.65. The van der Waals surface area contributed by atoms with Crippen LogP contribution in [-0.4, -0.2) is 30.5 Å². The van der Waals surface area contributed by atoms with Crippen LogP contribution in [0.25, 0.3) is 0 Å². The first-order valence-electron chi connectivity index (χ1n) is 12.2. The van der Waals surface area contributed by atoms with Crippen LogP contribution in [0.2, 0.25) is 0 Å². The zero-order valence-electron chi connectivity index (χ0n) is 20.9. The Morgan fingerprint density at radius 1 is 0.925 bits per heavy atom. The molecule has 0 aromatic heterocycles. The molecule has 1 aliphatic rings. The van der Waals surface area contributed by atoms with E-state index in [1.54, 1.807) is 30.3 Å². The number of urea groups is 1. The standard InChI is InChI=1S/C28H25F6N3O3/c29-20-8-6-18(7-9-20)27(15-16-4-2-1-3-5-16,37-26(39)36-22-10-17(11-22)24(35)38)19-12-21(30)14-23(13-19)40-28(33,34)25(31)32/h1-9,12-14,17,22,25H,10-11,15H2,(H2,35,38)(H2,36,37,39)/t17?,22?,27-/m1/s1. The summed E-state index contributed by atoms with van der Waals surface area (Å²) in [6, 6.07) is 14.6. The maximum atomic E-state index is 14.8. The van der Waals surface area contributed by atoms with E-state index >= 15 is 0 Å². The number of nitrogens with one attached hydrogen (secondary N) is 2. The average Bonchev–Trinajstić information content (AvgIpc) is 2.85. The third-order valence-corrected chi connectivity index (χ3v) is 6.72. The van der Waals surface area contributed by atoms with Gasteiger partial charge in [0.1, 0.15) is 17.4 Å². The van der Waals surface area contributed by atoms with E-state index in [2.05, 4.69) is 15.4 Å². The summed E-state index contributed by atoms with van der Waals surface area (Å²) in [6.07, 6.45) is -8.61. The van der Waals surface area contributed by atoms with E-state index in [4.69, 9.17) is 5.73 Å². The molecule has 3 aromatic carbocycles. The number of carbonyl (C=O) groups excluding carboxylic acids is 2. The first-order valence-corrected chi connectivity index (χ1v) is 12.2. The largest absolute Gasteiger partial charge is 0.461 e. The Morgan fingerprint density at radius 2 is 1.57 bits per heavy atom. The number of rotatable bonds is 10. The number of benzene rings is 3. The molecule has 4 rings (SSSR count). The first-order chi connectivity index (χ1) is 18.9. The fourth-order valence-corrected chi connectivity index (χ4v) is 4.65. The second-order valence-corrected chi connectivity index (χ2v) is 9.58. The van der Waals surface area contributed by atoms with E-state index in [-0.39, 0.29) is 17.5 Å². The minimum atomic E-state index is -4.92. The van der Waals surface area contributed by atoms with Gasteiger partial charge < -0.3 is 21.1 Å². The van der Waals surface area contributed by atoms with Gasteiger partial charge in [-0.25, -0.2) is 13.6 Å². The lowest BCUT2D eigenvalue weighted by molar-refractivity contribution is -0.253. The van der Waals surface area contributed by atoms with Crippen molar-refractivity contribution in [3.8, 4) is 5.75 Å². The van der Waals surface area contributed by atoms with Gasteiger partial charge >= 0.3 is 18.6 Å². The Bertz CT molecular complexity index is 1350. The molecule has 1 aliphatic carbocycles. The summed E-state index contributed by atoms with van der Waals surface area (Å²) in [7, 11) is 0. The van der Waals surface area contributed by atoms with Crippen LogP contribution >= 0.6 is 0 Å². The van der Waals surface area contributed by atoms with E-state index in [1.165, 1.54) is 12.1 Å². The van der Waals surface area contributed by atoms with E-state index < -0.39 is 59.4 Å². The average molecular weight is 566 g/mol. The van der Waals surface area contributed by atoms with Crippen molar-refractivity contribution in [2.24, 2.45) is 11.7 Å². The molecular weight excluding hydrogens is 540 g/mol. The van der Waals surface area contributed by atoms with Gasteiger partial charge in [-0.15, -0.1) is 0 Å². The third-order valence-electron chi connectivity index (χ3n) is 6.72. The van der Waals surface area contributed by atoms with Crippen LogP contribution in [0, 0.1) is 17.6 Å². The molecule has 1 fully saturated rings. The molecule has 0 radical (unpaired) electrons. The Morgan fingerprint density at radius 3 is 2.17 bits per heavy atom. The summed E-state index contributed by atoms with van der Waals surface area (Å²) in [5, 5.41) is 5.47. The molecular formula is C28H25F6N3O3. The van der Waals surface area contributed by atoms with Gasteiger partial charge in [0.2, 0.25) is 5.91 Å². The molecule has 6 nitrogen and oxygen atoms in total. The van der Waals surface area contributed by atoms with Gasteiger partial charge in [0.05, 0.1) is 5.54 Å². The normalized spacial score (nSPS) is 18.4. The second kappa shape index (κ2) is 11.5. The molecule has 0 unspecified atom stereocenters. The van der Waals surface area contributed by atoms with Crippen LogP contribution in [-0.2, 0) is 16.8 Å². The van der Waals surface area contributed by atoms with Crippen molar-refractivity contribution >= 4 is 11.9 Å². The number of primary amides is 1. The lowest BCUT2D eigenvalue weighted by Gasteiger charge is -2.39. The van der Waals surface area contributed by atoms with Crippen molar-refractivity contribution < 1.29 is 40.7 Å². The van der Waals surface area contributed by atoms with Crippen molar-refractivity contribution in [3.05, 3.63) is 101 Å². The number of hydrogen-bond acceptors (Lipinski definition) is 3. The topological polar surface area (TPSA) is 93.5 Å². The van der Waals surface area contributed by atoms with E-state index in [0.717, 1.165) is 24.3 Å². The number of ether oxygens (including phenoxy) is 1. The quantitative estimate of drug-likeness (QED) is 0.293. The minimum Gasteiger partial charge on any atom is -0.428 e. The maximum absolute atomic E-state index is 14.8. The van der Waals surface area contributed by atoms with Crippen molar-refractivity contribution in [2.45, 2.75) is 43.4 Å². The van der Waals surface area contributed by atoms with Crippen molar-refractivity contribution in [2.75, 3.05) is 0 Å². The van der Waals surface area contributed by atoms with E-state index in [0.29, 0.717) is 24.5 Å². The summed E-state index contributed by atoms with van der Waals surface area (Å²) in [4.78, 5) is 24.6. The van der Waals surface area contributed by atoms with Crippen LogP contribution in [0.1, 0.15) is 29.5 Å². The molecule has 212 valence electrons. The summed E-state index contributed by atoms with van der Waals surface area (Å²) in [5.74, 6) is -3.55. The van der Waals surface area contributed by atoms with Gasteiger partial charge in [-0.1, -0.05) is 42.5 Å². The summed E-state index contributed by atoms with van der Waals surface area (Å²) < 4.78 is 86.1. The SMILES string of the molecule is NC(=O)C1CC(NC(=O)N[C@](Cc2ccccc2)(c2ccc(F)cc2)c2cc(F)cc(OC(F)(F)C(F)F)c2)C1. The van der Waals surface area contributed by atoms with Gasteiger partial charge in [0, 0.05) is 24.4 Å². The lowest BCUT2D eigenvalue weighted by Crippen LogP contribution is -2.57. The molecule has 0 spiro atoms. The van der Waals surface area contributed by atoms with Crippen LogP contribution < -0.4 is 21.1 Å². The molecule has 40 heavy (non-hydrogen) atoms. The summed E-state index contributed by atoms with van der Waals surface area (Å²) >= 11 is 0. The second-order valence-electron chi connectivity index (χ2n) is 9.58. The molecule has 0 bridgehead atoms. The Hall–Kier alpha value is -4.22. The number of nitrogens with two attached hydrogens (primary N) is 1. The maximum Gasteiger partial charge on any atom is 0.461 e. The van der Waals surface area contributed by atoms with Crippen LogP contribution in [0.3, 0.4) is 0 Å². The van der Waals surface area contributed by atoms with Gasteiger partial charge in [-0.05, 0) is 53.8 Å². The van der Waals surface area contributed by atoms with Gasteiger partial charge in [-0.2, -0.15) is 17.6 Å². The van der Waals surface area contributed by atoms with Crippen molar-refractivity contribution in [3.63, 3.8) is 0 Å². The Kier molecular flexibility index (Phi) is 8.26. The number of carbonyl (C=O) groups is 2. The number of alkyl halides is 4. The summed E-state index contributed by atoms with van der Waals surface area (Å²) in [5.41, 5.74) is 4.26. The Balaban J connectivity index is 1.81. The first kappa shape index (κ1) is 28.8. The molecule has 3 aromatic rings. The van der Waals surface area contributed by atoms with Crippen LogP contribution in [0.15, 0.2) is 72.8 Å². The molecule has 4 N–H and O–H groups in total. The van der Waals surface area contributed by atoms with Crippen molar-refractivity contribution in [1.82, 2.24) is 10.6 Å². The summed E-state index contributed by atoms with van der Waals surface area (Å²) in [6.45, 7) is 0. The molecule has 1 atom stereocenters. The fraction of sp³-hybridized carbons (Fsp3) is 0.286. The predicted molar refractivity (Wildman–Crippen MR) is 133 cm³/mol. The molecule has 3 amide bonds. The highest BCUT2D eigenvalue weighted by molar-refractivity contribution is 5.80. The van der Waals surface area contributed by atoms with Crippen molar-refractivity contribution in [1.29, 1.82) is 0 Å². The monoisotopic (exact) mass is 565 g/mol. The van der Waals surface area contributed by atoms with Gasteiger partial charge in [0.25, 0.3) is 0 Å². The smallest absolute Gasteiger partial charge is 0.428 e. The molecule has 0 aliphatic heterocycles. The van der Waals surface area contributed by atoms with Gasteiger partial charge in [-0.3, -0.25) is 4.79 Å². The van der Waals surface area contributed by atoms with Crippen LogP contribution in [0.4, 0.5) is 31.1 Å². The third kappa shape index (κ3) is 6.49. The number of hydrogen-bond donors (Lipinski definition) is 3. The highest BCUT2D eigenvalue weighted by Crippen LogP contribution is 2.38. The van der Waals surface area contributed by atoms with Crippen LogP contribution in [0.5, 0.6) is 5.75 Å². The molecule has 0 saturated heterocycles. The highest BCUT2D eigenvalue weighted by atomic mass is 19.3. The molecule has 1 saturated carbocycles. The molecule has 0 heterocycles. The predicted octanol–water partition coefficient (Wildman–Crippen LogP) is 5.25. The van der Waals surface area contributed by atoms with E-state index in [9.17, 15) is 35.9 Å². The van der Waals surface area contributed by atoms with Gasteiger partial charge in [0.15, 0.2) is 0 Å². The molecule has 12 heteroatoms. The number of halogens is 6. The highest BCUT2D eigenvalue weighted by Gasteiger charge is 2.45. The lowest BCUT2D eigenvalue weighted by atomic mass is 9.77.